The smallest absolute Gasteiger partial charge is 0.258 e. The lowest BCUT2D eigenvalue weighted by molar-refractivity contribution is -0.125. The summed E-state index contributed by atoms with van der Waals surface area (Å²) in [7, 11) is 0. The van der Waals surface area contributed by atoms with Crippen molar-refractivity contribution in [1.82, 2.24) is 5.32 Å². The molecule has 0 atom stereocenters. The van der Waals surface area contributed by atoms with Gasteiger partial charge in [0.25, 0.3) is 5.91 Å². The summed E-state index contributed by atoms with van der Waals surface area (Å²) >= 11 is 0. The molecule has 0 saturated heterocycles. The molecule has 1 N–H and O–H groups in total. The molecule has 1 aliphatic rings. The summed E-state index contributed by atoms with van der Waals surface area (Å²) in [6.07, 6.45) is 2.58. The average molecular weight is 350 g/mol. The molecule has 2 aromatic carbocycles. The zero-order valence-corrected chi connectivity index (χ0v) is 15.5. The van der Waals surface area contributed by atoms with Crippen molar-refractivity contribution in [2.45, 2.75) is 39.7 Å². The predicted octanol–water partition coefficient (Wildman–Crippen LogP) is 3.94. The number of rotatable bonds is 6. The monoisotopic (exact) mass is 350 g/mol. The van der Waals surface area contributed by atoms with Crippen LogP contribution >= 0.6 is 0 Å². The summed E-state index contributed by atoms with van der Waals surface area (Å²) in [5.41, 5.74) is 3.88. The molecule has 4 heteroatoms. The number of fused-ring (bicyclic) bond motifs is 1. The second kappa shape index (κ2) is 8.17. The van der Waals surface area contributed by atoms with Crippen LogP contribution in [0.15, 0.2) is 48.5 Å². The van der Waals surface area contributed by atoms with Crippen molar-refractivity contribution in [3.05, 3.63) is 65.2 Å². The Kier molecular flexibility index (Phi) is 5.71. The summed E-state index contributed by atoms with van der Waals surface area (Å²) in [6, 6.07) is 15.5. The van der Waals surface area contributed by atoms with Gasteiger partial charge in [-0.1, -0.05) is 44.2 Å². The van der Waals surface area contributed by atoms with Crippen molar-refractivity contribution in [3.63, 3.8) is 0 Å². The molecule has 26 heavy (non-hydrogen) atoms. The highest BCUT2D eigenvalue weighted by Crippen LogP contribution is 2.30. The quantitative estimate of drug-likeness (QED) is 0.858. The van der Waals surface area contributed by atoms with Crippen molar-refractivity contribution in [3.8, 4) is 0 Å². The van der Waals surface area contributed by atoms with Crippen LogP contribution in [0.1, 0.15) is 48.2 Å². The Morgan fingerprint density at radius 3 is 2.50 bits per heavy atom. The molecule has 0 aliphatic carbocycles. The molecule has 0 aromatic heterocycles. The molecule has 0 bridgehead atoms. The van der Waals surface area contributed by atoms with Gasteiger partial charge in [0.2, 0.25) is 5.91 Å². The van der Waals surface area contributed by atoms with Gasteiger partial charge in [-0.05, 0) is 48.6 Å². The Hall–Kier alpha value is -2.62. The van der Waals surface area contributed by atoms with Gasteiger partial charge in [0.15, 0.2) is 0 Å². The van der Waals surface area contributed by atoms with E-state index in [1.165, 1.54) is 5.56 Å². The van der Waals surface area contributed by atoms with E-state index in [0.717, 1.165) is 30.5 Å². The summed E-state index contributed by atoms with van der Waals surface area (Å²) in [5, 5.41) is 3.03. The lowest BCUT2D eigenvalue weighted by atomic mass is 10.0. The zero-order valence-electron chi connectivity index (χ0n) is 15.5. The first-order chi connectivity index (χ1) is 12.6. The van der Waals surface area contributed by atoms with Gasteiger partial charge in [-0.2, -0.15) is 0 Å². The fraction of sp³-hybridized carbons (Fsp3) is 0.364. The number of hydrogen-bond donors (Lipinski definition) is 1. The maximum Gasteiger partial charge on any atom is 0.258 e. The first-order valence-corrected chi connectivity index (χ1v) is 9.40. The predicted molar refractivity (Wildman–Crippen MR) is 104 cm³/mol. The highest BCUT2D eigenvalue weighted by Gasteiger charge is 2.25. The Balaban J connectivity index is 1.73. The van der Waals surface area contributed by atoms with Crippen LogP contribution in [0.3, 0.4) is 0 Å². The fourth-order valence-corrected chi connectivity index (χ4v) is 3.48. The van der Waals surface area contributed by atoms with Gasteiger partial charge in [0.05, 0.1) is 0 Å². The number of benzene rings is 2. The van der Waals surface area contributed by atoms with Gasteiger partial charge in [-0.25, -0.2) is 0 Å². The molecule has 0 spiro atoms. The van der Waals surface area contributed by atoms with Crippen LogP contribution in [0.2, 0.25) is 0 Å². The van der Waals surface area contributed by atoms with Crippen LogP contribution < -0.4 is 10.2 Å². The van der Waals surface area contributed by atoms with E-state index in [1.54, 1.807) is 0 Å². The molecular formula is C22H26N2O2. The van der Waals surface area contributed by atoms with E-state index in [2.05, 4.69) is 11.4 Å². The lowest BCUT2D eigenvalue weighted by Crippen LogP contribution is -2.30. The Morgan fingerprint density at radius 1 is 1.08 bits per heavy atom. The highest BCUT2D eigenvalue weighted by atomic mass is 16.2. The second-order valence-electron chi connectivity index (χ2n) is 6.77. The van der Waals surface area contributed by atoms with Gasteiger partial charge in [-0.15, -0.1) is 0 Å². The van der Waals surface area contributed by atoms with Crippen LogP contribution in [0.25, 0.3) is 0 Å². The molecule has 0 fully saturated rings. The van der Waals surface area contributed by atoms with Gasteiger partial charge < -0.3 is 10.2 Å². The number of amides is 2. The average Bonchev–Trinajstić information content (AvgIpc) is 3.10. The largest absolute Gasteiger partial charge is 0.352 e. The van der Waals surface area contributed by atoms with E-state index in [-0.39, 0.29) is 17.7 Å². The molecule has 0 unspecified atom stereocenters. The van der Waals surface area contributed by atoms with Gasteiger partial charge in [0, 0.05) is 30.3 Å². The minimum absolute atomic E-state index is 0.0302. The Labute approximate surface area is 155 Å². The molecule has 4 nitrogen and oxygen atoms in total. The normalized spacial score (nSPS) is 13.0. The molecule has 0 radical (unpaired) electrons. The lowest BCUT2D eigenvalue weighted by Gasteiger charge is -2.18. The maximum atomic E-state index is 12.8. The number of carbonyl (C=O) groups is 2. The molecule has 2 amide bonds. The second-order valence-corrected chi connectivity index (χ2v) is 6.77. The van der Waals surface area contributed by atoms with Crippen molar-refractivity contribution in [2.75, 3.05) is 11.4 Å². The third kappa shape index (κ3) is 3.79. The van der Waals surface area contributed by atoms with Crippen LogP contribution in [0.5, 0.6) is 0 Å². The van der Waals surface area contributed by atoms with Crippen LogP contribution in [-0.2, 0) is 17.8 Å². The molecule has 0 saturated carbocycles. The van der Waals surface area contributed by atoms with Crippen LogP contribution in [-0.4, -0.2) is 18.4 Å². The SMILES string of the molecule is CCC(CC)C(=O)NCc1ccc2c(c1)N(C(=O)c1ccccc1)CC2. The fourth-order valence-electron chi connectivity index (χ4n) is 3.48. The van der Waals surface area contributed by atoms with Gasteiger partial charge in [0.1, 0.15) is 0 Å². The van der Waals surface area contributed by atoms with E-state index in [9.17, 15) is 9.59 Å². The minimum atomic E-state index is 0.0302. The number of nitrogens with one attached hydrogen (secondary N) is 1. The number of nitrogens with zero attached hydrogens (tertiary/aromatic N) is 1. The third-order valence-electron chi connectivity index (χ3n) is 5.13. The summed E-state index contributed by atoms with van der Waals surface area (Å²) in [5.74, 6) is 0.205. The van der Waals surface area contributed by atoms with Crippen LogP contribution in [0.4, 0.5) is 5.69 Å². The minimum Gasteiger partial charge on any atom is -0.352 e. The van der Waals surface area contributed by atoms with E-state index >= 15 is 0 Å². The van der Waals surface area contributed by atoms with E-state index in [4.69, 9.17) is 0 Å². The van der Waals surface area contributed by atoms with Crippen molar-refractivity contribution >= 4 is 17.5 Å². The third-order valence-corrected chi connectivity index (χ3v) is 5.13. The first kappa shape index (κ1) is 18.2. The molecular weight excluding hydrogens is 324 g/mol. The highest BCUT2D eigenvalue weighted by molar-refractivity contribution is 6.07. The van der Waals surface area contributed by atoms with Crippen molar-refractivity contribution in [1.29, 1.82) is 0 Å². The molecule has 136 valence electrons. The Bertz CT molecular complexity index is 782. The summed E-state index contributed by atoms with van der Waals surface area (Å²) < 4.78 is 0. The van der Waals surface area contributed by atoms with E-state index in [1.807, 2.05) is 61.2 Å². The van der Waals surface area contributed by atoms with Gasteiger partial charge >= 0.3 is 0 Å². The van der Waals surface area contributed by atoms with Crippen molar-refractivity contribution < 1.29 is 9.59 Å². The number of carbonyl (C=O) groups excluding carboxylic acids is 2. The van der Waals surface area contributed by atoms with Crippen molar-refractivity contribution in [2.24, 2.45) is 5.92 Å². The first-order valence-electron chi connectivity index (χ1n) is 9.40. The van der Waals surface area contributed by atoms with E-state index < -0.39 is 0 Å². The Morgan fingerprint density at radius 2 is 1.81 bits per heavy atom. The standard InChI is InChI=1S/C22H26N2O2/c1-3-17(4-2)21(25)23-15-16-10-11-18-12-13-24(20(18)14-16)22(26)19-8-6-5-7-9-19/h5-11,14,17H,3-4,12-13,15H2,1-2H3,(H,23,25). The molecule has 1 heterocycles. The van der Waals surface area contributed by atoms with E-state index in [0.29, 0.717) is 18.7 Å². The topological polar surface area (TPSA) is 49.4 Å². The molecule has 2 aromatic rings. The summed E-state index contributed by atoms with van der Waals surface area (Å²) in [6.45, 7) is 5.27. The molecule has 1 aliphatic heterocycles. The number of hydrogen-bond acceptors (Lipinski definition) is 2. The number of anilines is 1. The van der Waals surface area contributed by atoms with Crippen LogP contribution in [0, 0.1) is 5.92 Å². The van der Waals surface area contributed by atoms with Gasteiger partial charge in [-0.3, -0.25) is 9.59 Å². The molecule has 3 rings (SSSR count). The zero-order chi connectivity index (χ0) is 18.5. The summed E-state index contributed by atoms with van der Waals surface area (Å²) in [4.78, 5) is 26.8. The maximum absolute atomic E-state index is 12.8.